The summed E-state index contributed by atoms with van der Waals surface area (Å²) in [4.78, 5) is 14.9. The number of alkyl halides is 2. The van der Waals surface area contributed by atoms with Crippen LogP contribution in [0.1, 0.15) is 28.0 Å². The second kappa shape index (κ2) is 4.65. The molecule has 0 aromatic carbocycles. The van der Waals surface area contributed by atoms with Gasteiger partial charge < -0.3 is 4.74 Å². The lowest BCUT2D eigenvalue weighted by Gasteiger charge is -2.09. The van der Waals surface area contributed by atoms with Crippen LogP contribution in [0.5, 0.6) is 0 Å². The smallest absolute Gasteiger partial charge is 0.339 e. The first-order valence-electron chi connectivity index (χ1n) is 4.00. The Balaban J connectivity index is 3.36. The van der Waals surface area contributed by atoms with Crippen molar-refractivity contribution in [1.82, 2.24) is 4.98 Å². The Morgan fingerprint density at radius 3 is 2.67 bits per heavy atom. The van der Waals surface area contributed by atoms with E-state index < -0.39 is 18.1 Å². The van der Waals surface area contributed by atoms with Gasteiger partial charge in [-0.05, 0) is 28.4 Å². The van der Waals surface area contributed by atoms with E-state index in [9.17, 15) is 13.6 Å². The zero-order chi connectivity index (χ0) is 11.6. The lowest BCUT2D eigenvalue weighted by atomic mass is 10.1. The molecule has 1 rings (SSSR count). The van der Waals surface area contributed by atoms with Crippen molar-refractivity contribution in [2.75, 3.05) is 7.11 Å². The Bertz CT molecular complexity index is 396. The summed E-state index contributed by atoms with van der Waals surface area (Å²) >= 11 is 2.93. The molecule has 15 heavy (non-hydrogen) atoms. The maximum Gasteiger partial charge on any atom is 0.339 e. The highest BCUT2D eigenvalue weighted by molar-refractivity contribution is 9.10. The Labute approximate surface area is 93.6 Å². The van der Waals surface area contributed by atoms with Crippen molar-refractivity contribution < 1.29 is 18.3 Å². The number of aromatic nitrogens is 1. The van der Waals surface area contributed by atoms with E-state index in [1.54, 1.807) is 6.92 Å². The summed E-state index contributed by atoms with van der Waals surface area (Å²) in [6.07, 6.45) is -1.51. The monoisotopic (exact) mass is 279 g/mol. The zero-order valence-electron chi connectivity index (χ0n) is 8.05. The fourth-order valence-corrected chi connectivity index (χ4v) is 1.84. The van der Waals surface area contributed by atoms with Crippen LogP contribution in [-0.2, 0) is 4.74 Å². The largest absolute Gasteiger partial charge is 0.465 e. The SMILES string of the molecule is COC(=O)c1c(C)cnc(C(F)F)c1Br. The lowest BCUT2D eigenvalue weighted by Crippen LogP contribution is -2.08. The molecule has 0 saturated carbocycles. The van der Waals surface area contributed by atoms with Crippen LogP contribution in [0.15, 0.2) is 10.7 Å². The van der Waals surface area contributed by atoms with Crippen LogP contribution >= 0.6 is 15.9 Å². The molecule has 0 amide bonds. The number of halogens is 3. The third kappa shape index (κ3) is 2.31. The molecule has 0 aliphatic heterocycles. The molecule has 3 nitrogen and oxygen atoms in total. The minimum atomic E-state index is -2.73. The average molecular weight is 280 g/mol. The second-order valence-corrected chi connectivity index (χ2v) is 3.60. The highest BCUT2D eigenvalue weighted by atomic mass is 79.9. The molecule has 0 atom stereocenters. The zero-order valence-corrected chi connectivity index (χ0v) is 9.64. The van der Waals surface area contributed by atoms with Crippen molar-refractivity contribution in [2.45, 2.75) is 13.3 Å². The second-order valence-electron chi connectivity index (χ2n) is 2.81. The molecule has 0 bridgehead atoms. The fraction of sp³-hybridized carbons (Fsp3) is 0.333. The van der Waals surface area contributed by atoms with Crippen molar-refractivity contribution in [3.63, 3.8) is 0 Å². The third-order valence-electron chi connectivity index (χ3n) is 1.83. The van der Waals surface area contributed by atoms with Crippen LogP contribution in [0.3, 0.4) is 0 Å². The third-order valence-corrected chi connectivity index (χ3v) is 2.63. The minimum Gasteiger partial charge on any atom is -0.465 e. The van der Waals surface area contributed by atoms with Crippen LogP contribution in [0, 0.1) is 6.92 Å². The molecule has 0 aliphatic rings. The Morgan fingerprint density at radius 2 is 2.20 bits per heavy atom. The maximum absolute atomic E-state index is 12.5. The summed E-state index contributed by atoms with van der Waals surface area (Å²) in [6.45, 7) is 1.60. The molecular weight excluding hydrogens is 272 g/mol. The van der Waals surface area contributed by atoms with Gasteiger partial charge in [-0.3, -0.25) is 4.98 Å². The maximum atomic E-state index is 12.5. The van der Waals surface area contributed by atoms with Gasteiger partial charge in [0.2, 0.25) is 0 Å². The van der Waals surface area contributed by atoms with Gasteiger partial charge in [0.05, 0.1) is 17.1 Å². The Kier molecular flexibility index (Phi) is 3.73. The van der Waals surface area contributed by atoms with Gasteiger partial charge in [-0.1, -0.05) is 0 Å². The van der Waals surface area contributed by atoms with Gasteiger partial charge in [0.1, 0.15) is 5.69 Å². The van der Waals surface area contributed by atoms with Crippen molar-refractivity contribution in [3.8, 4) is 0 Å². The number of pyridine rings is 1. The van der Waals surface area contributed by atoms with Crippen LogP contribution in [0.25, 0.3) is 0 Å². The molecule has 0 radical (unpaired) electrons. The van der Waals surface area contributed by atoms with Crippen LogP contribution in [0.4, 0.5) is 8.78 Å². The van der Waals surface area contributed by atoms with Crippen molar-refractivity contribution in [2.24, 2.45) is 0 Å². The predicted octanol–water partition coefficient (Wildman–Crippen LogP) is 2.88. The number of aryl methyl sites for hydroxylation is 1. The number of hydrogen-bond donors (Lipinski definition) is 0. The van der Waals surface area contributed by atoms with Gasteiger partial charge in [0.15, 0.2) is 0 Å². The van der Waals surface area contributed by atoms with E-state index >= 15 is 0 Å². The normalized spacial score (nSPS) is 10.5. The summed E-state index contributed by atoms with van der Waals surface area (Å²) in [6, 6.07) is 0. The number of hydrogen-bond acceptors (Lipinski definition) is 3. The van der Waals surface area contributed by atoms with Gasteiger partial charge in [-0.15, -0.1) is 0 Å². The highest BCUT2D eigenvalue weighted by Gasteiger charge is 2.22. The topological polar surface area (TPSA) is 39.2 Å². The van der Waals surface area contributed by atoms with E-state index in [-0.39, 0.29) is 10.0 Å². The van der Waals surface area contributed by atoms with Crippen molar-refractivity contribution in [3.05, 3.63) is 27.5 Å². The number of carbonyl (C=O) groups is 1. The molecule has 0 N–H and O–H groups in total. The average Bonchev–Trinajstić information content (AvgIpc) is 2.16. The molecule has 0 fully saturated rings. The molecular formula is C9H8BrF2NO2. The van der Waals surface area contributed by atoms with Gasteiger partial charge in [0, 0.05) is 6.20 Å². The standard InChI is InChI=1S/C9H8BrF2NO2/c1-4-3-13-7(8(11)12)6(10)5(4)9(14)15-2/h3,8H,1-2H3. The summed E-state index contributed by atoms with van der Waals surface area (Å²) < 4.78 is 29.4. The van der Waals surface area contributed by atoms with Gasteiger partial charge in [0.25, 0.3) is 6.43 Å². The highest BCUT2D eigenvalue weighted by Crippen LogP contribution is 2.30. The van der Waals surface area contributed by atoms with E-state index in [4.69, 9.17) is 0 Å². The molecule has 0 aliphatic carbocycles. The Morgan fingerprint density at radius 1 is 1.60 bits per heavy atom. The van der Waals surface area contributed by atoms with E-state index in [2.05, 4.69) is 25.7 Å². The number of nitrogens with zero attached hydrogens (tertiary/aromatic N) is 1. The van der Waals surface area contributed by atoms with Crippen molar-refractivity contribution in [1.29, 1.82) is 0 Å². The van der Waals surface area contributed by atoms with Crippen LogP contribution in [-0.4, -0.2) is 18.1 Å². The molecule has 1 aromatic rings. The first kappa shape index (κ1) is 12.0. The molecule has 0 spiro atoms. The summed E-state index contributed by atoms with van der Waals surface area (Å²) in [5, 5.41) is 0. The summed E-state index contributed by atoms with van der Waals surface area (Å²) in [5.74, 6) is -0.663. The minimum absolute atomic E-state index is 0.00986. The number of rotatable bonds is 2. The molecule has 0 saturated heterocycles. The summed E-state index contributed by atoms with van der Waals surface area (Å²) in [5.41, 5.74) is 0.113. The van der Waals surface area contributed by atoms with Gasteiger partial charge in [-0.25, -0.2) is 13.6 Å². The molecule has 0 unspecified atom stereocenters. The first-order chi connectivity index (χ1) is 6.99. The first-order valence-corrected chi connectivity index (χ1v) is 4.79. The van der Waals surface area contributed by atoms with E-state index in [0.29, 0.717) is 5.56 Å². The van der Waals surface area contributed by atoms with Crippen molar-refractivity contribution >= 4 is 21.9 Å². The molecule has 82 valence electrons. The molecule has 6 heteroatoms. The number of carbonyl (C=O) groups excluding carboxylic acids is 1. The number of ether oxygens (including phenoxy) is 1. The molecule has 1 aromatic heterocycles. The van der Waals surface area contributed by atoms with Gasteiger partial charge in [-0.2, -0.15) is 0 Å². The van der Waals surface area contributed by atoms with Gasteiger partial charge >= 0.3 is 5.97 Å². The number of methoxy groups -OCH3 is 1. The van der Waals surface area contributed by atoms with E-state index in [1.165, 1.54) is 13.3 Å². The summed E-state index contributed by atoms with van der Waals surface area (Å²) in [7, 11) is 1.19. The van der Waals surface area contributed by atoms with E-state index in [0.717, 1.165) is 0 Å². The lowest BCUT2D eigenvalue weighted by molar-refractivity contribution is 0.0598. The molecule has 1 heterocycles. The van der Waals surface area contributed by atoms with Crippen LogP contribution in [0.2, 0.25) is 0 Å². The number of esters is 1. The van der Waals surface area contributed by atoms with E-state index in [1.807, 2.05) is 0 Å². The predicted molar refractivity (Wildman–Crippen MR) is 53.0 cm³/mol. The van der Waals surface area contributed by atoms with Crippen LogP contribution < -0.4 is 0 Å². The Hall–Kier alpha value is -1.04. The quantitative estimate of drug-likeness (QED) is 0.782. The fourth-order valence-electron chi connectivity index (χ4n) is 1.09.